The summed E-state index contributed by atoms with van der Waals surface area (Å²) in [6, 6.07) is 8.74. The first-order chi connectivity index (χ1) is 9.16. The molecule has 1 aromatic rings. The van der Waals surface area contributed by atoms with Gasteiger partial charge in [0.15, 0.2) is 0 Å². The van der Waals surface area contributed by atoms with Crippen molar-refractivity contribution >= 4 is 11.6 Å². The molecule has 19 heavy (non-hydrogen) atoms. The van der Waals surface area contributed by atoms with Crippen LogP contribution in [0.25, 0.3) is 0 Å². The second-order valence-electron chi connectivity index (χ2n) is 5.31. The fraction of sp³-hybridized carbons (Fsp3) is 0.600. The van der Waals surface area contributed by atoms with E-state index in [4.69, 9.17) is 16.3 Å². The zero-order valence-corrected chi connectivity index (χ0v) is 12.6. The summed E-state index contributed by atoms with van der Waals surface area (Å²) in [5.41, 5.74) is 1.35. The van der Waals surface area contributed by atoms with E-state index in [9.17, 15) is 0 Å². The number of morpholine rings is 1. The van der Waals surface area contributed by atoms with Crippen molar-refractivity contribution in [3.8, 4) is 0 Å². The van der Waals surface area contributed by atoms with Crippen molar-refractivity contribution in [1.29, 1.82) is 0 Å². The van der Waals surface area contributed by atoms with Gasteiger partial charge in [0.1, 0.15) is 0 Å². The van der Waals surface area contributed by atoms with Crippen molar-refractivity contribution in [3.05, 3.63) is 34.9 Å². The predicted octanol–water partition coefficient (Wildman–Crippen LogP) is 2.67. The average molecular weight is 283 g/mol. The van der Waals surface area contributed by atoms with Crippen LogP contribution in [-0.4, -0.2) is 56.7 Å². The molecule has 1 unspecified atom stereocenters. The molecule has 0 aromatic heterocycles. The van der Waals surface area contributed by atoms with Gasteiger partial charge < -0.3 is 9.64 Å². The van der Waals surface area contributed by atoms with E-state index < -0.39 is 0 Å². The molecule has 1 heterocycles. The molecule has 1 aliphatic rings. The maximum Gasteiger partial charge on any atom is 0.0594 e. The lowest BCUT2D eigenvalue weighted by Gasteiger charge is -2.35. The van der Waals surface area contributed by atoms with Crippen LogP contribution in [0.3, 0.4) is 0 Å². The molecule has 1 fully saturated rings. The Labute approximate surface area is 121 Å². The number of benzene rings is 1. The van der Waals surface area contributed by atoms with Gasteiger partial charge in [0.2, 0.25) is 0 Å². The summed E-state index contributed by atoms with van der Waals surface area (Å²) in [6.45, 7) is 4.80. The maximum absolute atomic E-state index is 5.99. The molecule has 0 spiro atoms. The van der Waals surface area contributed by atoms with Crippen LogP contribution in [0.2, 0.25) is 5.02 Å². The van der Waals surface area contributed by atoms with Crippen molar-refractivity contribution in [1.82, 2.24) is 9.80 Å². The number of ether oxygens (including phenoxy) is 1. The Morgan fingerprint density at radius 3 is 2.42 bits per heavy atom. The maximum atomic E-state index is 5.99. The molecule has 1 atom stereocenters. The van der Waals surface area contributed by atoms with E-state index in [2.05, 4.69) is 36.0 Å². The van der Waals surface area contributed by atoms with Gasteiger partial charge >= 0.3 is 0 Å². The van der Waals surface area contributed by atoms with Crippen molar-refractivity contribution in [2.45, 2.75) is 12.5 Å². The summed E-state index contributed by atoms with van der Waals surface area (Å²) >= 11 is 5.99. The molecule has 0 N–H and O–H groups in total. The number of nitrogens with zero attached hydrogens (tertiary/aromatic N) is 2. The normalized spacial score (nSPS) is 18.7. The van der Waals surface area contributed by atoms with E-state index in [0.717, 1.165) is 44.3 Å². The molecule has 0 radical (unpaired) electrons. The quantitative estimate of drug-likeness (QED) is 0.826. The molecule has 0 aliphatic carbocycles. The second kappa shape index (κ2) is 7.25. The molecule has 1 aromatic carbocycles. The Kier molecular flexibility index (Phi) is 5.64. The molecule has 106 valence electrons. The van der Waals surface area contributed by atoms with Gasteiger partial charge in [-0.3, -0.25) is 4.90 Å². The molecule has 2 rings (SSSR count). The fourth-order valence-corrected chi connectivity index (χ4v) is 2.64. The van der Waals surface area contributed by atoms with Gasteiger partial charge in [0.25, 0.3) is 0 Å². The van der Waals surface area contributed by atoms with Crippen LogP contribution in [0.4, 0.5) is 0 Å². The minimum absolute atomic E-state index is 0.462. The first-order valence-electron chi connectivity index (χ1n) is 6.89. The summed E-state index contributed by atoms with van der Waals surface area (Å²) < 4.78 is 5.46. The first-order valence-corrected chi connectivity index (χ1v) is 7.26. The Balaban J connectivity index is 2.10. The molecular weight excluding hydrogens is 260 g/mol. The number of hydrogen-bond donors (Lipinski definition) is 0. The summed E-state index contributed by atoms with van der Waals surface area (Å²) in [5, 5.41) is 0.803. The highest BCUT2D eigenvalue weighted by Crippen LogP contribution is 2.26. The van der Waals surface area contributed by atoms with Crippen LogP contribution in [0.15, 0.2) is 24.3 Å². The molecule has 1 saturated heterocycles. The van der Waals surface area contributed by atoms with Crippen LogP contribution in [0.5, 0.6) is 0 Å². The molecule has 0 saturated carbocycles. The van der Waals surface area contributed by atoms with Crippen molar-refractivity contribution in [3.63, 3.8) is 0 Å². The average Bonchev–Trinajstić information content (AvgIpc) is 2.42. The van der Waals surface area contributed by atoms with Crippen LogP contribution < -0.4 is 0 Å². The van der Waals surface area contributed by atoms with Gasteiger partial charge in [-0.25, -0.2) is 0 Å². The molecule has 1 aliphatic heterocycles. The minimum atomic E-state index is 0.462. The zero-order valence-electron chi connectivity index (χ0n) is 11.8. The smallest absolute Gasteiger partial charge is 0.0594 e. The lowest BCUT2D eigenvalue weighted by atomic mass is 10.0. The molecule has 0 bridgehead atoms. The fourth-order valence-electron chi connectivity index (χ4n) is 2.51. The Morgan fingerprint density at radius 2 is 1.84 bits per heavy atom. The minimum Gasteiger partial charge on any atom is -0.379 e. The highest BCUT2D eigenvalue weighted by molar-refractivity contribution is 6.30. The van der Waals surface area contributed by atoms with E-state index >= 15 is 0 Å². The number of rotatable bonds is 5. The van der Waals surface area contributed by atoms with Gasteiger partial charge in [-0.05, 0) is 44.8 Å². The van der Waals surface area contributed by atoms with Gasteiger partial charge in [0.05, 0.1) is 13.2 Å². The topological polar surface area (TPSA) is 15.7 Å². The molecule has 4 heteroatoms. The highest BCUT2D eigenvalue weighted by atomic mass is 35.5. The van der Waals surface area contributed by atoms with E-state index in [1.165, 1.54) is 5.56 Å². The summed E-state index contributed by atoms with van der Waals surface area (Å²) in [5.74, 6) is 0. The Bertz CT molecular complexity index is 374. The highest BCUT2D eigenvalue weighted by Gasteiger charge is 2.22. The monoisotopic (exact) mass is 282 g/mol. The Morgan fingerprint density at radius 1 is 1.21 bits per heavy atom. The predicted molar refractivity (Wildman–Crippen MR) is 79.8 cm³/mol. The van der Waals surface area contributed by atoms with E-state index in [1.807, 2.05) is 12.1 Å². The third kappa shape index (κ3) is 4.46. The lowest BCUT2D eigenvalue weighted by Crippen LogP contribution is -2.40. The molecule has 3 nitrogen and oxygen atoms in total. The van der Waals surface area contributed by atoms with E-state index in [1.54, 1.807) is 0 Å². The van der Waals surface area contributed by atoms with Crippen molar-refractivity contribution in [2.24, 2.45) is 0 Å². The van der Waals surface area contributed by atoms with Gasteiger partial charge in [-0.15, -0.1) is 0 Å². The van der Waals surface area contributed by atoms with Crippen LogP contribution in [0.1, 0.15) is 18.0 Å². The van der Waals surface area contributed by atoms with E-state index in [-0.39, 0.29) is 0 Å². The van der Waals surface area contributed by atoms with E-state index in [0.29, 0.717) is 6.04 Å². The summed E-state index contributed by atoms with van der Waals surface area (Å²) in [7, 11) is 4.25. The third-order valence-corrected chi connectivity index (χ3v) is 3.84. The SMILES string of the molecule is CN(C)CCC(c1ccc(Cl)cc1)N1CCOCC1. The van der Waals surface area contributed by atoms with Gasteiger partial charge in [-0.2, -0.15) is 0 Å². The number of hydrogen-bond acceptors (Lipinski definition) is 3. The van der Waals surface area contributed by atoms with Crippen LogP contribution >= 0.6 is 11.6 Å². The summed E-state index contributed by atoms with van der Waals surface area (Å²) in [4.78, 5) is 4.76. The summed E-state index contributed by atoms with van der Waals surface area (Å²) in [6.07, 6.45) is 1.13. The van der Waals surface area contributed by atoms with Crippen LogP contribution in [-0.2, 0) is 4.74 Å². The molecule has 0 amide bonds. The first kappa shape index (κ1) is 14.8. The molecular formula is C15H23ClN2O. The van der Waals surface area contributed by atoms with Gasteiger partial charge in [-0.1, -0.05) is 23.7 Å². The van der Waals surface area contributed by atoms with Crippen LogP contribution in [0, 0.1) is 0 Å². The van der Waals surface area contributed by atoms with Crippen molar-refractivity contribution < 1.29 is 4.74 Å². The standard InChI is InChI=1S/C15H23ClN2O/c1-17(2)8-7-15(18-9-11-19-12-10-18)13-3-5-14(16)6-4-13/h3-6,15H,7-12H2,1-2H3. The Hall–Kier alpha value is -0.610. The second-order valence-corrected chi connectivity index (χ2v) is 5.74. The lowest BCUT2D eigenvalue weighted by molar-refractivity contribution is 0.0129. The number of halogens is 1. The van der Waals surface area contributed by atoms with Crippen molar-refractivity contribution in [2.75, 3.05) is 46.9 Å². The largest absolute Gasteiger partial charge is 0.379 e. The zero-order chi connectivity index (χ0) is 13.7. The third-order valence-electron chi connectivity index (χ3n) is 3.59. The van der Waals surface area contributed by atoms with Gasteiger partial charge in [0, 0.05) is 24.2 Å².